The molecule has 0 bridgehead atoms. The molecule has 1 N–H and O–H groups in total. The van der Waals surface area contributed by atoms with E-state index < -0.39 is 4.92 Å². The lowest BCUT2D eigenvalue weighted by molar-refractivity contribution is -0.384. The maximum absolute atomic E-state index is 12.4. The molecule has 0 aliphatic heterocycles. The maximum atomic E-state index is 12.4. The van der Waals surface area contributed by atoms with E-state index in [0.717, 1.165) is 35.0 Å². The zero-order chi connectivity index (χ0) is 16.7. The first-order valence-electron chi connectivity index (χ1n) is 7.59. The number of hydrogen-bond donors (Lipinski definition) is 1. The summed E-state index contributed by atoms with van der Waals surface area (Å²) >= 11 is 1.59. The van der Waals surface area contributed by atoms with Gasteiger partial charge in [0.25, 0.3) is 11.2 Å². The highest BCUT2D eigenvalue weighted by Crippen LogP contribution is 2.34. The van der Waals surface area contributed by atoms with Gasteiger partial charge in [-0.2, -0.15) is 0 Å². The van der Waals surface area contributed by atoms with E-state index in [1.165, 1.54) is 17.0 Å². The van der Waals surface area contributed by atoms with Crippen molar-refractivity contribution in [1.82, 2.24) is 9.97 Å². The highest BCUT2D eigenvalue weighted by molar-refractivity contribution is 7.18. The minimum Gasteiger partial charge on any atom is -0.306 e. The standard InChI is InChI=1S/C17H13N3O3S/c21-16-15-12-5-2-6-13(12)24-17(15)19-14(18-16)8-7-10-3-1-4-11(9-10)20(22)23/h1,3-4,7-9H,2,5-6H2,(H,18,19,21)/b8-7+. The van der Waals surface area contributed by atoms with Gasteiger partial charge in [-0.05, 0) is 36.5 Å². The van der Waals surface area contributed by atoms with E-state index in [1.807, 2.05) is 0 Å². The second-order valence-electron chi connectivity index (χ2n) is 5.67. The van der Waals surface area contributed by atoms with Crippen molar-refractivity contribution in [1.29, 1.82) is 0 Å². The summed E-state index contributed by atoms with van der Waals surface area (Å²) in [4.78, 5) is 32.1. The van der Waals surface area contributed by atoms with Gasteiger partial charge in [-0.25, -0.2) is 4.98 Å². The number of H-pyrrole nitrogens is 1. The highest BCUT2D eigenvalue weighted by Gasteiger charge is 2.20. The highest BCUT2D eigenvalue weighted by atomic mass is 32.1. The van der Waals surface area contributed by atoms with Gasteiger partial charge in [-0.3, -0.25) is 14.9 Å². The van der Waals surface area contributed by atoms with Crippen LogP contribution < -0.4 is 5.56 Å². The van der Waals surface area contributed by atoms with E-state index in [9.17, 15) is 14.9 Å². The molecule has 0 saturated heterocycles. The number of rotatable bonds is 3. The fourth-order valence-corrected chi connectivity index (χ4v) is 4.28. The summed E-state index contributed by atoms with van der Waals surface area (Å²) < 4.78 is 0. The lowest BCUT2D eigenvalue weighted by Gasteiger charge is -1.97. The van der Waals surface area contributed by atoms with E-state index >= 15 is 0 Å². The Hall–Kier alpha value is -2.80. The van der Waals surface area contributed by atoms with Gasteiger partial charge in [0.1, 0.15) is 10.7 Å². The molecule has 0 amide bonds. The number of nitrogens with zero attached hydrogens (tertiary/aromatic N) is 2. The number of aromatic nitrogens is 2. The Morgan fingerprint density at radius 1 is 1.29 bits per heavy atom. The Balaban J connectivity index is 1.71. The third-order valence-corrected chi connectivity index (χ3v) is 5.29. The molecule has 120 valence electrons. The molecule has 24 heavy (non-hydrogen) atoms. The zero-order valence-electron chi connectivity index (χ0n) is 12.6. The number of aryl methyl sites for hydroxylation is 2. The normalized spacial score (nSPS) is 13.7. The molecule has 2 aromatic heterocycles. The molecule has 0 atom stereocenters. The number of benzene rings is 1. The fraction of sp³-hybridized carbons (Fsp3) is 0.176. The maximum Gasteiger partial charge on any atom is 0.270 e. The molecule has 7 heteroatoms. The summed E-state index contributed by atoms with van der Waals surface area (Å²) in [7, 11) is 0. The molecule has 1 aliphatic rings. The van der Waals surface area contributed by atoms with Gasteiger partial charge in [0.2, 0.25) is 0 Å². The van der Waals surface area contributed by atoms with Crippen LogP contribution in [-0.4, -0.2) is 14.9 Å². The molecule has 0 fully saturated rings. The zero-order valence-corrected chi connectivity index (χ0v) is 13.4. The van der Waals surface area contributed by atoms with Gasteiger partial charge in [0.15, 0.2) is 0 Å². The first kappa shape index (κ1) is 14.8. The topological polar surface area (TPSA) is 88.9 Å². The third kappa shape index (κ3) is 2.52. The van der Waals surface area contributed by atoms with Crippen LogP contribution in [0.3, 0.4) is 0 Å². The molecular weight excluding hydrogens is 326 g/mol. The van der Waals surface area contributed by atoms with Gasteiger partial charge in [0.05, 0.1) is 10.3 Å². The quantitative estimate of drug-likeness (QED) is 0.584. The van der Waals surface area contributed by atoms with Crippen LogP contribution in [0.15, 0.2) is 29.1 Å². The van der Waals surface area contributed by atoms with Crippen LogP contribution in [0.4, 0.5) is 5.69 Å². The number of aromatic amines is 1. The predicted octanol–water partition coefficient (Wildman–Crippen LogP) is 3.55. The SMILES string of the molecule is O=c1[nH]c(/C=C/c2cccc([N+](=O)[O-])c2)nc2sc3c(c12)CCC3. The fourth-order valence-electron chi connectivity index (χ4n) is 3.02. The van der Waals surface area contributed by atoms with Crippen molar-refractivity contribution in [3.63, 3.8) is 0 Å². The minimum absolute atomic E-state index is 0.0312. The second kappa shape index (κ2) is 5.68. The van der Waals surface area contributed by atoms with Crippen molar-refractivity contribution in [2.75, 3.05) is 0 Å². The molecule has 0 radical (unpaired) electrons. The summed E-state index contributed by atoms with van der Waals surface area (Å²) in [6.07, 6.45) is 6.45. The van der Waals surface area contributed by atoms with Crippen molar-refractivity contribution in [3.05, 3.63) is 66.6 Å². The lowest BCUT2D eigenvalue weighted by Crippen LogP contribution is -2.09. The first-order valence-corrected chi connectivity index (χ1v) is 8.40. The summed E-state index contributed by atoms with van der Waals surface area (Å²) in [6.45, 7) is 0. The molecule has 3 aromatic rings. The van der Waals surface area contributed by atoms with Crippen molar-refractivity contribution in [2.24, 2.45) is 0 Å². The average Bonchev–Trinajstić information content (AvgIpc) is 3.13. The van der Waals surface area contributed by atoms with E-state index in [4.69, 9.17) is 0 Å². The van der Waals surface area contributed by atoms with Crippen LogP contribution in [0.2, 0.25) is 0 Å². The summed E-state index contributed by atoms with van der Waals surface area (Å²) in [6, 6.07) is 6.31. The molecule has 4 rings (SSSR count). The molecule has 0 spiro atoms. The molecule has 0 unspecified atom stereocenters. The Kier molecular flexibility index (Phi) is 3.50. The van der Waals surface area contributed by atoms with Gasteiger partial charge < -0.3 is 4.98 Å². The van der Waals surface area contributed by atoms with Gasteiger partial charge in [0, 0.05) is 17.0 Å². The monoisotopic (exact) mass is 339 g/mol. The largest absolute Gasteiger partial charge is 0.306 e. The molecule has 1 aromatic carbocycles. The molecule has 2 heterocycles. The average molecular weight is 339 g/mol. The van der Waals surface area contributed by atoms with Gasteiger partial charge in [-0.15, -0.1) is 11.3 Å². The third-order valence-electron chi connectivity index (χ3n) is 4.11. The van der Waals surface area contributed by atoms with Crippen molar-refractivity contribution in [2.45, 2.75) is 19.3 Å². The summed E-state index contributed by atoms with van der Waals surface area (Å²) in [5.41, 5.74) is 1.75. The van der Waals surface area contributed by atoms with Crippen LogP contribution in [0.1, 0.15) is 28.2 Å². The van der Waals surface area contributed by atoms with E-state index in [1.54, 1.807) is 35.6 Å². The number of thiophene rings is 1. The molecular formula is C17H13N3O3S. The lowest BCUT2D eigenvalue weighted by atomic mass is 10.2. The van der Waals surface area contributed by atoms with Gasteiger partial charge in [-0.1, -0.05) is 18.2 Å². The van der Waals surface area contributed by atoms with Crippen LogP contribution in [0.5, 0.6) is 0 Å². The van der Waals surface area contributed by atoms with Crippen molar-refractivity contribution >= 4 is 39.4 Å². The Bertz CT molecular complexity index is 1050. The summed E-state index contributed by atoms with van der Waals surface area (Å²) in [5.74, 6) is 0.457. The number of hydrogen-bond acceptors (Lipinski definition) is 5. The van der Waals surface area contributed by atoms with E-state index in [2.05, 4.69) is 9.97 Å². The van der Waals surface area contributed by atoms with E-state index in [0.29, 0.717) is 11.4 Å². The Labute approximate surface area is 140 Å². The van der Waals surface area contributed by atoms with Crippen LogP contribution >= 0.6 is 11.3 Å². The van der Waals surface area contributed by atoms with Crippen LogP contribution in [0, 0.1) is 10.1 Å². The minimum atomic E-state index is -0.434. The molecule has 1 aliphatic carbocycles. The molecule has 6 nitrogen and oxygen atoms in total. The number of nitro benzene ring substituents is 1. The van der Waals surface area contributed by atoms with E-state index in [-0.39, 0.29) is 11.2 Å². The number of fused-ring (bicyclic) bond motifs is 3. The van der Waals surface area contributed by atoms with Crippen LogP contribution in [0.25, 0.3) is 22.4 Å². The predicted molar refractivity (Wildman–Crippen MR) is 94.3 cm³/mol. The second-order valence-corrected chi connectivity index (χ2v) is 6.76. The van der Waals surface area contributed by atoms with Crippen molar-refractivity contribution in [3.8, 4) is 0 Å². The first-order chi connectivity index (χ1) is 11.6. The van der Waals surface area contributed by atoms with Gasteiger partial charge >= 0.3 is 0 Å². The smallest absolute Gasteiger partial charge is 0.270 e. The molecule has 0 saturated carbocycles. The Morgan fingerprint density at radius 3 is 3.00 bits per heavy atom. The number of non-ortho nitro benzene ring substituents is 1. The van der Waals surface area contributed by atoms with Crippen LogP contribution in [-0.2, 0) is 12.8 Å². The number of nitro groups is 1. The number of nitrogens with one attached hydrogen (secondary N) is 1. The Morgan fingerprint density at radius 2 is 2.17 bits per heavy atom. The van der Waals surface area contributed by atoms with Crippen molar-refractivity contribution < 1.29 is 4.92 Å². The summed E-state index contributed by atoms with van der Waals surface area (Å²) in [5, 5.41) is 11.5.